The average Bonchev–Trinajstić information content (AvgIpc) is 2.79. The van der Waals surface area contributed by atoms with Gasteiger partial charge in [-0.1, -0.05) is 13.8 Å². The summed E-state index contributed by atoms with van der Waals surface area (Å²) in [6.07, 6.45) is 1.87. The van der Waals surface area contributed by atoms with E-state index in [4.69, 9.17) is 0 Å². The summed E-state index contributed by atoms with van der Waals surface area (Å²) < 4.78 is 0. The smallest absolute Gasteiger partial charge is 0.319 e. The van der Waals surface area contributed by atoms with E-state index in [2.05, 4.69) is 24.1 Å². The Balaban J connectivity index is 2.22. The minimum absolute atomic E-state index is 0.0574. The van der Waals surface area contributed by atoms with Gasteiger partial charge in [-0.2, -0.15) is 0 Å². The molecular formula is C17H24N4O4. The van der Waals surface area contributed by atoms with E-state index in [0.717, 1.165) is 25.9 Å². The molecule has 8 heteroatoms. The normalized spacial score (nSPS) is 20.2. The van der Waals surface area contributed by atoms with E-state index in [1.54, 1.807) is 6.92 Å². The highest BCUT2D eigenvalue weighted by molar-refractivity contribution is 6.07. The molecule has 1 atom stereocenters. The number of hydrogen-bond donors (Lipinski definition) is 1. The molecule has 1 saturated heterocycles. The lowest BCUT2D eigenvalue weighted by molar-refractivity contribution is -0.384. The number of amides is 3. The lowest BCUT2D eigenvalue weighted by atomic mass is 9.92. The minimum atomic E-state index is -1.21. The summed E-state index contributed by atoms with van der Waals surface area (Å²) >= 11 is 0. The zero-order chi connectivity index (χ0) is 18.6. The molecule has 8 nitrogen and oxygen atoms in total. The first-order valence-electron chi connectivity index (χ1n) is 8.44. The molecule has 0 bridgehead atoms. The Labute approximate surface area is 146 Å². The maximum atomic E-state index is 12.9. The maximum Gasteiger partial charge on any atom is 0.326 e. The maximum absolute atomic E-state index is 12.9. The van der Waals surface area contributed by atoms with Gasteiger partial charge in [0.05, 0.1) is 11.6 Å². The van der Waals surface area contributed by atoms with Crippen molar-refractivity contribution in [2.75, 3.05) is 19.8 Å². The van der Waals surface area contributed by atoms with Crippen molar-refractivity contribution in [3.05, 3.63) is 39.9 Å². The Hall–Kier alpha value is -2.48. The molecule has 1 fully saturated rings. The number of carbonyl (C=O) groups excluding carboxylic acids is 2. The molecule has 0 saturated carbocycles. The minimum Gasteiger partial charge on any atom is -0.319 e. The first-order valence-corrected chi connectivity index (χ1v) is 8.44. The van der Waals surface area contributed by atoms with Crippen LogP contribution in [-0.2, 0) is 10.3 Å². The van der Waals surface area contributed by atoms with Crippen molar-refractivity contribution in [2.45, 2.75) is 39.2 Å². The van der Waals surface area contributed by atoms with Crippen LogP contribution in [0.1, 0.15) is 39.2 Å². The predicted molar refractivity (Wildman–Crippen MR) is 92.8 cm³/mol. The van der Waals surface area contributed by atoms with Crippen LogP contribution >= 0.6 is 0 Å². The highest BCUT2D eigenvalue weighted by atomic mass is 16.6. The number of nitro groups is 1. The third kappa shape index (κ3) is 3.79. The van der Waals surface area contributed by atoms with Gasteiger partial charge in [0, 0.05) is 12.1 Å². The molecule has 1 N–H and O–H groups in total. The van der Waals surface area contributed by atoms with Gasteiger partial charge in [0.15, 0.2) is 0 Å². The summed E-state index contributed by atoms with van der Waals surface area (Å²) in [5, 5.41) is 13.5. The van der Waals surface area contributed by atoms with Gasteiger partial charge in [0.2, 0.25) is 0 Å². The van der Waals surface area contributed by atoms with E-state index < -0.39 is 16.5 Å². The largest absolute Gasteiger partial charge is 0.326 e. The Bertz CT molecular complexity index is 655. The Morgan fingerprint density at radius 3 is 2.20 bits per heavy atom. The molecule has 0 aliphatic carbocycles. The molecule has 25 heavy (non-hydrogen) atoms. The lowest BCUT2D eigenvalue weighted by Crippen LogP contribution is -2.44. The number of nitro benzene ring substituents is 1. The molecule has 136 valence electrons. The number of imide groups is 1. The van der Waals surface area contributed by atoms with Crippen molar-refractivity contribution in [3.63, 3.8) is 0 Å². The van der Waals surface area contributed by atoms with E-state index in [1.807, 2.05) is 0 Å². The van der Waals surface area contributed by atoms with Crippen LogP contribution in [0.15, 0.2) is 24.3 Å². The van der Waals surface area contributed by atoms with E-state index in [0.29, 0.717) is 5.56 Å². The quantitative estimate of drug-likeness (QED) is 0.442. The van der Waals surface area contributed by atoms with Crippen LogP contribution in [0.3, 0.4) is 0 Å². The topological polar surface area (TPSA) is 95.8 Å². The van der Waals surface area contributed by atoms with Gasteiger partial charge >= 0.3 is 6.03 Å². The van der Waals surface area contributed by atoms with E-state index in [9.17, 15) is 19.7 Å². The number of hydrogen-bond acceptors (Lipinski definition) is 5. The second kappa shape index (κ2) is 7.60. The fourth-order valence-electron chi connectivity index (χ4n) is 3.02. The number of urea groups is 1. The van der Waals surface area contributed by atoms with Crippen LogP contribution in [0, 0.1) is 10.1 Å². The molecule has 1 aliphatic rings. The number of nitrogens with one attached hydrogen (secondary N) is 1. The van der Waals surface area contributed by atoms with Crippen LogP contribution in [0.2, 0.25) is 0 Å². The summed E-state index contributed by atoms with van der Waals surface area (Å²) in [4.78, 5) is 38.8. The molecule has 0 radical (unpaired) electrons. The monoisotopic (exact) mass is 348 g/mol. The third-order valence-electron chi connectivity index (χ3n) is 4.35. The molecule has 0 unspecified atom stereocenters. The zero-order valence-electron chi connectivity index (χ0n) is 14.8. The first kappa shape index (κ1) is 18.9. The van der Waals surface area contributed by atoms with Gasteiger partial charge in [-0.3, -0.25) is 19.8 Å². The predicted octanol–water partition coefficient (Wildman–Crippen LogP) is 2.44. The van der Waals surface area contributed by atoms with Crippen molar-refractivity contribution in [2.24, 2.45) is 0 Å². The summed E-state index contributed by atoms with van der Waals surface area (Å²) in [6, 6.07) is 5.25. The van der Waals surface area contributed by atoms with Crippen molar-refractivity contribution in [1.82, 2.24) is 15.1 Å². The SMILES string of the molecule is CCCN(CCC)CN1C(=O)N[C@@](C)(c2ccc([N+](=O)[O-])cc2)C1=O. The van der Waals surface area contributed by atoms with Crippen LogP contribution in [-0.4, -0.2) is 46.4 Å². The van der Waals surface area contributed by atoms with E-state index >= 15 is 0 Å². The Morgan fingerprint density at radius 2 is 1.72 bits per heavy atom. The summed E-state index contributed by atoms with van der Waals surface area (Å²) in [5.74, 6) is -0.344. The molecule has 1 aromatic carbocycles. The molecular weight excluding hydrogens is 324 g/mol. The fourth-order valence-corrected chi connectivity index (χ4v) is 3.02. The summed E-state index contributed by atoms with van der Waals surface area (Å²) in [5.41, 5.74) is -0.745. The van der Waals surface area contributed by atoms with Crippen molar-refractivity contribution < 1.29 is 14.5 Å². The third-order valence-corrected chi connectivity index (χ3v) is 4.35. The highest BCUT2D eigenvalue weighted by Crippen LogP contribution is 2.30. The van der Waals surface area contributed by atoms with Crippen LogP contribution in [0.25, 0.3) is 0 Å². The number of benzene rings is 1. The first-order chi connectivity index (χ1) is 11.8. The van der Waals surface area contributed by atoms with Crippen LogP contribution < -0.4 is 5.32 Å². The van der Waals surface area contributed by atoms with Crippen molar-refractivity contribution in [3.8, 4) is 0 Å². The van der Waals surface area contributed by atoms with Crippen molar-refractivity contribution in [1.29, 1.82) is 0 Å². The van der Waals surface area contributed by atoms with Gasteiger partial charge < -0.3 is 5.32 Å². The average molecular weight is 348 g/mol. The lowest BCUT2D eigenvalue weighted by Gasteiger charge is -2.26. The molecule has 1 aromatic rings. The molecule has 2 rings (SSSR count). The Morgan fingerprint density at radius 1 is 1.16 bits per heavy atom. The number of rotatable bonds is 8. The number of carbonyl (C=O) groups is 2. The summed E-state index contributed by atoms with van der Waals surface area (Å²) in [6.45, 7) is 7.58. The second-order valence-corrected chi connectivity index (χ2v) is 6.35. The standard InChI is InChI=1S/C17H24N4O4/c1-4-10-19(11-5-2)12-20-15(22)17(3,18-16(20)23)13-6-8-14(9-7-13)21(24)25/h6-9H,4-5,10-12H2,1-3H3,(H,18,23)/t17-/m0/s1. The number of nitrogens with zero attached hydrogens (tertiary/aromatic N) is 3. The van der Waals surface area contributed by atoms with Crippen LogP contribution in [0.4, 0.5) is 10.5 Å². The molecule has 1 aliphatic heterocycles. The summed E-state index contributed by atoms with van der Waals surface area (Å²) in [7, 11) is 0. The van der Waals surface area contributed by atoms with Gasteiger partial charge in [0.1, 0.15) is 5.54 Å². The molecule has 3 amide bonds. The molecule has 0 aromatic heterocycles. The Kier molecular flexibility index (Phi) is 5.73. The molecule has 0 spiro atoms. The van der Waals surface area contributed by atoms with Gasteiger partial charge in [-0.05, 0) is 50.6 Å². The molecule has 1 heterocycles. The fraction of sp³-hybridized carbons (Fsp3) is 0.529. The van der Waals surface area contributed by atoms with E-state index in [-0.39, 0.29) is 18.3 Å². The highest BCUT2D eigenvalue weighted by Gasteiger charge is 2.49. The van der Waals surface area contributed by atoms with E-state index in [1.165, 1.54) is 29.2 Å². The van der Waals surface area contributed by atoms with Gasteiger partial charge in [-0.15, -0.1) is 0 Å². The van der Waals surface area contributed by atoms with Gasteiger partial charge in [-0.25, -0.2) is 9.69 Å². The van der Waals surface area contributed by atoms with Crippen molar-refractivity contribution >= 4 is 17.6 Å². The van der Waals surface area contributed by atoms with Crippen LogP contribution in [0.5, 0.6) is 0 Å². The van der Waals surface area contributed by atoms with Gasteiger partial charge in [0.25, 0.3) is 11.6 Å². The zero-order valence-corrected chi connectivity index (χ0v) is 14.8. The number of non-ortho nitro benzene ring substituents is 1. The second-order valence-electron chi connectivity index (χ2n) is 6.35.